The van der Waals surface area contributed by atoms with Crippen molar-refractivity contribution in [1.82, 2.24) is 10.2 Å². The van der Waals surface area contributed by atoms with E-state index in [9.17, 15) is 4.39 Å². The van der Waals surface area contributed by atoms with Crippen LogP contribution in [0.1, 0.15) is 23.3 Å². The number of nitrogens with zero attached hydrogens (tertiary/aromatic N) is 2. The Hall–Kier alpha value is -1.92. The minimum atomic E-state index is -0.196. The summed E-state index contributed by atoms with van der Waals surface area (Å²) in [5, 5.41) is 5.66. The summed E-state index contributed by atoms with van der Waals surface area (Å²) in [6, 6.07) is 11.2. The van der Waals surface area contributed by atoms with Crippen molar-refractivity contribution in [2.75, 3.05) is 40.4 Å². The fourth-order valence-electron chi connectivity index (χ4n) is 3.60. The van der Waals surface area contributed by atoms with Crippen LogP contribution in [0, 0.1) is 5.82 Å². The van der Waals surface area contributed by atoms with E-state index >= 15 is 0 Å². The lowest BCUT2D eigenvalue weighted by Crippen LogP contribution is -2.48. The highest BCUT2D eigenvalue weighted by atomic mass is 32.1. The zero-order valence-electron chi connectivity index (χ0n) is 16.1. The van der Waals surface area contributed by atoms with E-state index in [1.165, 1.54) is 4.88 Å². The second-order valence-electron chi connectivity index (χ2n) is 7.05. The van der Waals surface area contributed by atoms with Gasteiger partial charge in [-0.15, -0.1) is 11.3 Å². The van der Waals surface area contributed by atoms with Gasteiger partial charge in [0, 0.05) is 50.7 Å². The normalized spacial score (nSPS) is 16.9. The van der Waals surface area contributed by atoms with E-state index in [0.29, 0.717) is 0 Å². The van der Waals surface area contributed by atoms with Crippen LogP contribution in [0.3, 0.4) is 0 Å². The summed E-state index contributed by atoms with van der Waals surface area (Å²) in [7, 11) is 3.88. The number of hydrogen-bond donors (Lipinski definition) is 1. The summed E-state index contributed by atoms with van der Waals surface area (Å²) >= 11 is 1.79. The third-order valence-corrected chi connectivity index (χ3v) is 6.27. The van der Waals surface area contributed by atoms with Crippen LogP contribution in [0.15, 0.2) is 46.8 Å². The highest BCUT2D eigenvalue weighted by Crippen LogP contribution is 2.34. The van der Waals surface area contributed by atoms with Crippen molar-refractivity contribution >= 4 is 17.3 Å². The Morgan fingerprint density at radius 2 is 2.00 bits per heavy atom. The fourth-order valence-corrected chi connectivity index (χ4v) is 4.30. The highest BCUT2D eigenvalue weighted by molar-refractivity contribution is 7.09. The standard InChI is InChI=1S/C21H28FN3OS/c1-23-20(25(2)12-9-19-4-3-15-27-19)24-16-21(10-13-26-14-11-21)17-5-7-18(22)8-6-17/h3-8,15H,9-14,16H2,1-2H3,(H,23,24). The van der Waals surface area contributed by atoms with Crippen LogP contribution in [0.4, 0.5) is 4.39 Å². The fraction of sp³-hybridized carbons (Fsp3) is 0.476. The summed E-state index contributed by atoms with van der Waals surface area (Å²) in [4.78, 5) is 8.00. The molecule has 1 aliphatic rings. The summed E-state index contributed by atoms with van der Waals surface area (Å²) < 4.78 is 19.0. The van der Waals surface area contributed by atoms with E-state index in [-0.39, 0.29) is 11.2 Å². The SMILES string of the molecule is CN=C(NCC1(c2ccc(F)cc2)CCOCC1)N(C)CCc1cccs1. The van der Waals surface area contributed by atoms with Gasteiger partial charge in [0.15, 0.2) is 5.96 Å². The van der Waals surface area contributed by atoms with Crippen molar-refractivity contribution in [3.63, 3.8) is 0 Å². The van der Waals surface area contributed by atoms with E-state index in [0.717, 1.165) is 57.1 Å². The minimum absolute atomic E-state index is 0.0590. The van der Waals surface area contributed by atoms with Gasteiger partial charge in [0.05, 0.1) is 0 Å². The monoisotopic (exact) mass is 389 g/mol. The number of nitrogens with one attached hydrogen (secondary N) is 1. The van der Waals surface area contributed by atoms with Gasteiger partial charge >= 0.3 is 0 Å². The van der Waals surface area contributed by atoms with Crippen LogP contribution in [-0.4, -0.2) is 51.3 Å². The van der Waals surface area contributed by atoms with Gasteiger partial charge in [-0.3, -0.25) is 4.99 Å². The van der Waals surface area contributed by atoms with E-state index in [1.54, 1.807) is 23.5 Å². The first-order valence-electron chi connectivity index (χ1n) is 9.41. The van der Waals surface area contributed by atoms with E-state index in [4.69, 9.17) is 4.74 Å². The van der Waals surface area contributed by atoms with Crippen molar-refractivity contribution in [1.29, 1.82) is 0 Å². The Kier molecular flexibility index (Phi) is 6.85. The molecule has 0 spiro atoms. The van der Waals surface area contributed by atoms with Gasteiger partial charge in [-0.05, 0) is 48.4 Å². The average molecular weight is 390 g/mol. The molecule has 1 aromatic carbocycles. The molecule has 0 bridgehead atoms. The molecule has 1 fully saturated rings. The molecule has 0 aliphatic carbocycles. The molecule has 4 nitrogen and oxygen atoms in total. The molecule has 2 aromatic rings. The van der Waals surface area contributed by atoms with Crippen LogP contribution in [0.5, 0.6) is 0 Å². The van der Waals surface area contributed by atoms with Gasteiger partial charge in [-0.2, -0.15) is 0 Å². The lowest BCUT2D eigenvalue weighted by atomic mass is 9.74. The lowest BCUT2D eigenvalue weighted by molar-refractivity contribution is 0.0512. The van der Waals surface area contributed by atoms with Crippen molar-refractivity contribution in [2.45, 2.75) is 24.7 Å². The second kappa shape index (κ2) is 9.33. The molecule has 27 heavy (non-hydrogen) atoms. The summed E-state index contributed by atoms with van der Waals surface area (Å²) in [6.07, 6.45) is 2.84. The molecule has 0 unspecified atom stereocenters. The molecule has 1 N–H and O–H groups in total. The van der Waals surface area contributed by atoms with E-state index < -0.39 is 0 Å². The third-order valence-electron chi connectivity index (χ3n) is 5.34. The van der Waals surface area contributed by atoms with E-state index in [2.05, 4.69) is 39.8 Å². The highest BCUT2D eigenvalue weighted by Gasteiger charge is 2.34. The quantitative estimate of drug-likeness (QED) is 0.605. The van der Waals surface area contributed by atoms with Crippen molar-refractivity contribution in [3.8, 4) is 0 Å². The van der Waals surface area contributed by atoms with Crippen molar-refractivity contribution < 1.29 is 9.13 Å². The van der Waals surface area contributed by atoms with Crippen LogP contribution in [0.25, 0.3) is 0 Å². The second-order valence-corrected chi connectivity index (χ2v) is 8.08. The number of halogens is 1. The molecule has 6 heteroatoms. The minimum Gasteiger partial charge on any atom is -0.381 e. The van der Waals surface area contributed by atoms with Gasteiger partial charge in [-0.1, -0.05) is 18.2 Å². The molecule has 3 rings (SSSR count). The molecular weight excluding hydrogens is 361 g/mol. The lowest BCUT2D eigenvalue weighted by Gasteiger charge is -2.39. The van der Waals surface area contributed by atoms with Gasteiger partial charge in [-0.25, -0.2) is 4.39 Å². The zero-order valence-corrected chi connectivity index (χ0v) is 16.9. The number of aliphatic imine (C=N–C) groups is 1. The molecule has 0 atom stereocenters. The smallest absolute Gasteiger partial charge is 0.193 e. The molecule has 1 saturated heterocycles. The summed E-state index contributed by atoms with van der Waals surface area (Å²) in [5.74, 6) is 0.692. The molecule has 0 amide bonds. The molecule has 0 saturated carbocycles. The Morgan fingerprint density at radius 3 is 2.63 bits per heavy atom. The summed E-state index contributed by atoms with van der Waals surface area (Å²) in [5.41, 5.74) is 1.10. The van der Waals surface area contributed by atoms with E-state index in [1.807, 2.05) is 19.2 Å². The molecule has 146 valence electrons. The number of rotatable bonds is 6. The predicted molar refractivity (Wildman–Crippen MR) is 110 cm³/mol. The van der Waals surface area contributed by atoms with Crippen LogP contribution >= 0.6 is 11.3 Å². The Balaban J connectivity index is 1.65. The maximum absolute atomic E-state index is 13.4. The van der Waals surface area contributed by atoms with Gasteiger partial charge in [0.25, 0.3) is 0 Å². The molecular formula is C21H28FN3OS. The van der Waals surface area contributed by atoms with Gasteiger partial charge in [0.1, 0.15) is 5.82 Å². The Morgan fingerprint density at radius 1 is 1.26 bits per heavy atom. The number of likely N-dealkylation sites (N-methyl/N-ethyl adjacent to an activating group) is 1. The number of hydrogen-bond acceptors (Lipinski definition) is 3. The molecule has 2 heterocycles. The Labute approximate surface area is 165 Å². The maximum atomic E-state index is 13.4. The van der Waals surface area contributed by atoms with Crippen molar-refractivity contribution in [2.24, 2.45) is 4.99 Å². The van der Waals surface area contributed by atoms with Gasteiger partial charge in [0.2, 0.25) is 0 Å². The Bertz CT molecular complexity index is 724. The zero-order chi connectivity index (χ0) is 19.1. The first kappa shape index (κ1) is 19.8. The maximum Gasteiger partial charge on any atom is 0.193 e. The first-order chi connectivity index (χ1) is 13.1. The van der Waals surface area contributed by atoms with Crippen LogP contribution in [-0.2, 0) is 16.6 Å². The van der Waals surface area contributed by atoms with Crippen LogP contribution < -0.4 is 5.32 Å². The van der Waals surface area contributed by atoms with Crippen LogP contribution in [0.2, 0.25) is 0 Å². The number of ether oxygens (including phenoxy) is 1. The molecule has 1 aromatic heterocycles. The molecule has 0 radical (unpaired) electrons. The predicted octanol–water partition coefficient (Wildman–Crippen LogP) is 3.69. The number of benzene rings is 1. The number of thiophene rings is 1. The molecule has 1 aliphatic heterocycles. The van der Waals surface area contributed by atoms with Crippen molar-refractivity contribution in [3.05, 3.63) is 58.0 Å². The third kappa shape index (κ3) is 5.08. The summed E-state index contributed by atoms with van der Waals surface area (Å²) in [6.45, 7) is 3.13. The first-order valence-corrected chi connectivity index (χ1v) is 10.3. The number of guanidine groups is 1. The average Bonchev–Trinajstić information content (AvgIpc) is 3.22. The topological polar surface area (TPSA) is 36.9 Å². The largest absolute Gasteiger partial charge is 0.381 e. The van der Waals surface area contributed by atoms with Gasteiger partial charge < -0.3 is 15.0 Å².